The number of methoxy groups -OCH3 is 3. The summed E-state index contributed by atoms with van der Waals surface area (Å²) in [5, 5.41) is 3.40. The maximum absolute atomic E-state index is 13.1. The standard InChI is InChI=1S/C22H25ClN2O5/c1-28-17-8-7-15(23)13-16(17)24-21(26)14-9-11-25(12-10-14)22(27)20-18(29-2)5-4-6-19(20)30-3/h4-8,13-14H,9-12H2,1-3H3,(H,24,26). The molecule has 7 nitrogen and oxygen atoms in total. The first-order chi connectivity index (χ1) is 14.5. The molecule has 0 radical (unpaired) electrons. The van der Waals surface area contributed by atoms with Crippen LogP contribution in [0, 0.1) is 5.92 Å². The van der Waals surface area contributed by atoms with Gasteiger partial charge in [0.25, 0.3) is 5.91 Å². The first-order valence-electron chi connectivity index (χ1n) is 9.63. The summed E-state index contributed by atoms with van der Waals surface area (Å²) < 4.78 is 16.0. The molecule has 1 N–H and O–H groups in total. The Morgan fingerprint density at radius 1 is 0.967 bits per heavy atom. The molecule has 1 heterocycles. The Morgan fingerprint density at radius 2 is 1.57 bits per heavy atom. The van der Waals surface area contributed by atoms with Crippen LogP contribution in [0.3, 0.4) is 0 Å². The van der Waals surface area contributed by atoms with Crippen molar-refractivity contribution in [1.82, 2.24) is 4.90 Å². The molecule has 0 bridgehead atoms. The van der Waals surface area contributed by atoms with Gasteiger partial charge in [-0.15, -0.1) is 0 Å². The van der Waals surface area contributed by atoms with Crippen molar-refractivity contribution in [2.24, 2.45) is 5.92 Å². The number of benzene rings is 2. The van der Waals surface area contributed by atoms with Gasteiger partial charge in [0, 0.05) is 24.0 Å². The van der Waals surface area contributed by atoms with Gasteiger partial charge < -0.3 is 24.4 Å². The van der Waals surface area contributed by atoms with E-state index in [4.69, 9.17) is 25.8 Å². The molecule has 8 heteroatoms. The lowest BCUT2D eigenvalue weighted by molar-refractivity contribution is -0.121. The largest absolute Gasteiger partial charge is 0.496 e. The molecule has 0 spiro atoms. The van der Waals surface area contributed by atoms with Crippen LogP contribution in [0.1, 0.15) is 23.2 Å². The molecule has 1 aliphatic rings. The monoisotopic (exact) mass is 432 g/mol. The summed E-state index contributed by atoms with van der Waals surface area (Å²) in [5.41, 5.74) is 0.932. The van der Waals surface area contributed by atoms with Crippen LogP contribution in [0.15, 0.2) is 36.4 Å². The molecule has 2 aromatic rings. The predicted molar refractivity (Wildman–Crippen MR) is 115 cm³/mol. The van der Waals surface area contributed by atoms with Gasteiger partial charge in [-0.3, -0.25) is 9.59 Å². The van der Waals surface area contributed by atoms with Crippen molar-refractivity contribution < 1.29 is 23.8 Å². The highest BCUT2D eigenvalue weighted by atomic mass is 35.5. The molecule has 1 saturated heterocycles. The average Bonchev–Trinajstić information content (AvgIpc) is 2.78. The Kier molecular flexibility index (Phi) is 7.05. The summed E-state index contributed by atoms with van der Waals surface area (Å²) in [6.45, 7) is 0.926. The fraction of sp³-hybridized carbons (Fsp3) is 0.364. The van der Waals surface area contributed by atoms with Crippen molar-refractivity contribution in [2.75, 3.05) is 39.7 Å². The van der Waals surface area contributed by atoms with Gasteiger partial charge in [-0.05, 0) is 43.2 Å². The number of amides is 2. The minimum atomic E-state index is -0.211. The fourth-order valence-corrected chi connectivity index (χ4v) is 3.75. The van der Waals surface area contributed by atoms with Gasteiger partial charge >= 0.3 is 0 Å². The zero-order valence-electron chi connectivity index (χ0n) is 17.2. The minimum absolute atomic E-state index is 0.113. The van der Waals surface area contributed by atoms with E-state index in [2.05, 4.69) is 5.32 Å². The molecule has 0 saturated carbocycles. The molecule has 160 valence electrons. The van der Waals surface area contributed by atoms with Crippen LogP contribution < -0.4 is 19.5 Å². The molecular weight excluding hydrogens is 408 g/mol. The zero-order valence-corrected chi connectivity index (χ0v) is 18.0. The van der Waals surface area contributed by atoms with Crippen LogP contribution in [0.5, 0.6) is 17.2 Å². The number of hydrogen-bond acceptors (Lipinski definition) is 5. The summed E-state index contributed by atoms with van der Waals surface area (Å²) in [7, 11) is 4.58. The van der Waals surface area contributed by atoms with Gasteiger partial charge in [0.1, 0.15) is 22.8 Å². The van der Waals surface area contributed by atoms with E-state index in [0.29, 0.717) is 59.5 Å². The van der Waals surface area contributed by atoms with Crippen LogP contribution in [-0.2, 0) is 4.79 Å². The van der Waals surface area contributed by atoms with Crippen molar-refractivity contribution in [2.45, 2.75) is 12.8 Å². The van der Waals surface area contributed by atoms with Crippen LogP contribution in [0.25, 0.3) is 0 Å². The smallest absolute Gasteiger partial charge is 0.261 e. The van der Waals surface area contributed by atoms with Gasteiger partial charge in [-0.25, -0.2) is 0 Å². The van der Waals surface area contributed by atoms with Crippen molar-refractivity contribution in [3.63, 3.8) is 0 Å². The summed E-state index contributed by atoms with van der Waals surface area (Å²) in [6, 6.07) is 10.3. The van der Waals surface area contributed by atoms with Gasteiger partial charge in [0.05, 0.1) is 27.0 Å². The molecule has 0 atom stereocenters. The van der Waals surface area contributed by atoms with Gasteiger partial charge in [0.15, 0.2) is 0 Å². The highest BCUT2D eigenvalue weighted by Gasteiger charge is 2.30. The SMILES string of the molecule is COc1ccc(Cl)cc1NC(=O)C1CCN(C(=O)c2c(OC)cccc2OC)CC1. The number of carbonyl (C=O) groups is 2. The maximum Gasteiger partial charge on any atom is 0.261 e. The number of halogens is 1. The second kappa shape index (κ2) is 9.71. The van der Waals surface area contributed by atoms with Crippen molar-refractivity contribution in [1.29, 1.82) is 0 Å². The van der Waals surface area contributed by atoms with Crippen LogP contribution in [0.2, 0.25) is 5.02 Å². The lowest BCUT2D eigenvalue weighted by Crippen LogP contribution is -2.41. The summed E-state index contributed by atoms with van der Waals surface area (Å²) in [6.07, 6.45) is 1.11. The van der Waals surface area contributed by atoms with E-state index in [0.717, 1.165) is 0 Å². The lowest BCUT2D eigenvalue weighted by Gasteiger charge is -2.32. The van der Waals surface area contributed by atoms with E-state index >= 15 is 0 Å². The van der Waals surface area contributed by atoms with E-state index < -0.39 is 0 Å². The van der Waals surface area contributed by atoms with Gasteiger partial charge in [0.2, 0.25) is 5.91 Å². The number of piperidine rings is 1. The number of nitrogens with one attached hydrogen (secondary N) is 1. The molecular formula is C22H25ClN2O5. The van der Waals surface area contributed by atoms with Crippen molar-refractivity contribution in [3.8, 4) is 17.2 Å². The topological polar surface area (TPSA) is 77.1 Å². The molecule has 0 unspecified atom stereocenters. The van der Waals surface area contributed by atoms with Crippen LogP contribution >= 0.6 is 11.6 Å². The molecule has 2 aromatic carbocycles. The zero-order chi connectivity index (χ0) is 21.7. The van der Waals surface area contributed by atoms with Crippen molar-refractivity contribution >= 4 is 29.1 Å². The van der Waals surface area contributed by atoms with Crippen LogP contribution in [-0.4, -0.2) is 51.1 Å². The second-order valence-electron chi connectivity index (χ2n) is 6.94. The average molecular weight is 433 g/mol. The summed E-state index contributed by atoms with van der Waals surface area (Å²) in [5.74, 6) is 0.984. The Hall–Kier alpha value is -2.93. The quantitative estimate of drug-likeness (QED) is 0.750. The molecule has 2 amide bonds. The number of rotatable bonds is 6. The fourth-order valence-electron chi connectivity index (χ4n) is 3.58. The first kappa shape index (κ1) is 21.8. The van der Waals surface area contributed by atoms with E-state index in [9.17, 15) is 9.59 Å². The third-order valence-corrected chi connectivity index (χ3v) is 5.45. The third-order valence-electron chi connectivity index (χ3n) is 5.21. The molecule has 0 aromatic heterocycles. The number of hydrogen-bond donors (Lipinski definition) is 1. The molecule has 1 fully saturated rings. The van der Waals surface area contributed by atoms with E-state index in [1.807, 2.05) is 0 Å². The number of likely N-dealkylation sites (tertiary alicyclic amines) is 1. The Labute approximate surface area is 180 Å². The number of ether oxygens (including phenoxy) is 3. The predicted octanol–water partition coefficient (Wildman–Crippen LogP) is 3.86. The highest BCUT2D eigenvalue weighted by Crippen LogP contribution is 2.32. The molecule has 1 aliphatic heterocycles. The Balaban J connectivity index is 1.66. The Morgan fingerprint density at radius 3 is 2.13 bits per heavy atom. The minimum Gasteiger partial charge on any atom is -0.496 e. The molecule has 3 rings (SSSR count). The Bertz CT molecular complexity index is 903. The van der Waals surface area contributed by atoms with Gasteiger partial charge in [-0.2, -0.15) is 0 Å². The van der Waals surface area contributed by atoms with Crippen molar-refractivity contribution in [3.05, 3.63) is 47.0 Å². The van der Waals surface area contributed by atoms with Crippen LogP contribution in [0.4, 0.5) is 5.69 Å². The molecule has 0 aliphatic carbocycles. The summed E-state index contributed by atoms with van der Waals surface area (Å²) >= 11 is 6.03. The second-order valence-corrected chi connectivity index (χ2v) is 7.37. The van der Waals surface area contributed by atoms with E-state index in [1.54, 1.807) is 41.3 Å². The number of anilines is 1. The van der Waals surface area contributed by atoms with Gasteiger partial charge in [-0.1, -0.05) is 17.7 Å². The number of nitrogens with zero attached hydrogens (tertiary/aromatic N) is 1. The third kappa shape index (κ3) is 4.62. The molecule has 30 heavy (non-hydrogen) atoms. The highest BCUT2D eigenvalue weighted by molar-refractivity contribution is 6.31. The van der Waals surface area contributed by atoms with E-state index in [-0.39, 0.29) is 17.7 Å². The summed E-state index contributed by atoms with van der Waals surface area (Å²) in [4.78, 5) is 27.5. The normalized spacial score (nSPS) is 14.2. The maximum atomic E-state index is 13.1. The first-order valence-corrected chi connectivity index (χ1v) is 10.0. The van der Waals surface area contributed by atoms with E-state index in [1.165, 1.54) is 21.3 Å². The lowest BCUT2D eigenvalue weighted by atomic mass is 9.95. The number of carbonyl (C=O) groups excluding carboxylic acids is 2.